The highest BCUT2D eigenvalue weighted by molar-refractivity contribution is 5.80. The number of ether oxygens (including phenoxy) is 1. The van der Waals surface area contributed by atoms with Crippen molar-refractivity contribution in [3.05, 3.63) is 95.6 Å². The van der Waals surface area contributed by atoms with Crippen molar-refractivity contribution in [2.75, 3.05) is 20.1 Å². The van der Waals surface area contributed by atoms with Crippen LogP contribution in [0.1, 0.15) is 29.5 Å². The number of carbonyl (C=O) groups excluding carboxylic acids is 1. The van der Waals surface area contributed by atoms with E-state index in [1.807, 2.05) is 54.6 Å². The van der Waals surface area contributed by atoms with E-state index in [1.165, 1.54) is 5.56 Å². The molecular weight excluding hydrogens is 398 g/mol. The predicted octanol–water partition coefficient (Wildman–Crippen LogP) is 4.30. The number of likely N-dealkylation sites (tertiary alicyclic amines) is 1. The zero-order chi connectivity index (χ0) is 22.2. The molecule has 32 heavy (non-hydrogen) atoms. The van der Waals surface area contributed by atoms with Crippen LogP contribution in [0, 0.1) is 0 Å². The van der Waals surface area contributed by atoms with Crippen LogP contribution >= 0.6 is 0 Å². The number of carbonyl (C=O) groups is 1. The van der Waals surface area contributed by atoms with Gasteiger partial charge in [0, 0.05) is 19.3 Å². The number of hydrogen-bond donors (Lipinski definition) is 1. The summed E-state index contributed by atoms with van der Waals surface area (Å²) in [5, 5.41) is 12.4. The number of rotatable bonds is 7. The van der Waals surface area contributed by atoms with Crippen LogP contribution in [0.3, 0.4) is 0 Å². The minimum atomic E-state index is -1.37. The van der Waals surface area contributed by atoms with Crippen LogP contribution in [0.15, 0.2) is 78.9 Å². The normalized spacial score (nSPS) is 23.9. The molecule has 3 atom stereocenters. The van der Waals surface area contributed by atoms with Crippen LogP contribution in [-0.4, -0.2) is 48.3 Å². The molecule has 0 spiro atoms. The molecular formula is C28H30NO3+. The van der Waals surface area contributed by atoms with Gasteiger partial charge in [-0.1, -0.05) is 78.9 Å². The number of likely N-dealkylation sites (N-methyl/N-ethyl adjacent to an activating group) is 1. The average molecular weight is 429 g/mol. The molecule has 5 rings (SSSR count). The Bertz CT molecular complexity index is 1070. The number of quaternary nitrogens is 1. The number of aliphatic hydroxyl groups is 1. The first-order valence-corrected chi connectivity index (χ1v) is 11.5. The molecule has 2 aliphatic rings. The highest BCUT2D eigenvalue weighted by Gasteiger charge is 2.57. The Kier molecular flexibility index (Phi) is 5.36. The summed E-state index contributed by atoms with van der Waals surface area (Å²) in [6.07, 6.45) is 2.26. The lowest BCUT2D eigenvalue weighted by Gasteiger charge is -2.44. The molecule has 0 radical (unpaired) electrons. The standard InChI is InChI=1S/C28H30NO3/c1-29(19-17-21-10-3-2-4-11-21)18-9-16-26(29)27(32-20-30)28(31)24-14-7-5-12-22(24)23-13-6-8-15-25(23)28/h2-8,10-15,20,26-27,31H,9,16-19H2,1H3/q+1. The lowest BCUT2D eigenvalue weighted by molar-refractivity contribution is -0.924. The molecule has 3 unspecified atom stereocenters. The van der Waals surface area contributed by atoms with Crippen molar-refractivity contribution in [3.8, 4) is 11.1 Å². The summed E-state index contributed by atoms with van der Waals surface area (Å²) in [5.74, 6) is 0. The van der Waals surface area contributed by atoms with Gasteiger partial charge in [-0.2, -0.15) is 0 Å². The number of fused-ring (bicyclic) bond motifs is 3. The molecule has 0 amide bonds. The highest BCUT2D eigenvalue weighted by atomic mass is 16.5. The van der Waals surface area contributed by atoms with E-state index in [2.05, 4.69) is 31.3 Å². The van der Waals surface area contributed by atoms with Gasteiger partial charge in [0.2, 0.25) is 0 Å². The van der Waals surface area contributed by atoms with E-state index in [0.717, 1.165) is 59.1 Å². The first-order chi connectivity index (χ1) is 15.6. The van der Waals surface area contributed by atoms with Crippen LogP contribution in [0.25, 0.3) is 11.1 Å². The lowest BCUT2D eigenvalue weighted by atomic mass is 9.81. The summed E-state index contributed by atoms with van der Waals surface area (Å²) >= 11 is 0. The van der Waals surface area contributed by atoms with Crippen LogP contribution < -0.4 is 0 Å². The smallest absolute Gasteiger partial charge is 0.293 e. The summed E-state index contributed by atoms with van der Waals surface area (Å²) in [6, 6.07) is 26.4. The maximum atomic E-state index is 12.4. The van der Waals surface area contributed by atoms with Crippen molar-refractivity contribution in [3.63, 3.8) is 0 Å². The molecule has 0 bridgehead atoms. The molecule has 1 heterocycles. The maximum Gasteiger partial charge on any atom is 0.293 e. The van der Waals surface area contributed by atoms with E-state index in [1.54, 1.807) is 0 Å². The van der Waals surface area contributed by atoms with Gasteiger partial charge in [-0.15, -0.1) is 0 Å². The first kappa shape index (κ1) is 20.9. The Morgan fingerprint density at radius 2 is 1.59 bits per heavy atom. The van der Waals surface area contributed by atoms with Gasteiger partial charge in [0.1, 0.15) is 6.04 Å². The molecule has 0 aromatic heterocycles. The van der Waals surface area contributed by atoms with Gasteiger partial charge in [-0.25, -0.2) is 0 Å². The first-order valence-electron chi connectivity index (χ1n) is 11.5. The fraction of sp³-hybridized carbons (Fsp3) is 0.321. The van der Waals surface area contributed by atoms with Gasteiger partial charge in [0.15, 0.2) is 11.7 Å². The molecule has 1 saturated heterocycles. The third-order valence-corrected chi connectivity index (χ3v) is 7.65. The molecule has 1 N–H and O–H groups in total. The van der Waals surface area contributed by atoms with Crippen LogP contribution in [0.2, 0.25) is 0 Å². The SMILES string of the molecule is C[N+]1(CCc2ccccc2)CCCC1C(OC=O)C1(O)c2ccccc2-c2ccccc21. The van der Waals surface area contributed by atoms with Gasteiger partial charge in [-0.05, 0) is 27.8 Å². The van der Waals surface area contributed by atoms with Crippen LogP contribution in [-0.2, 0) is 21.6 Å². The van der Waals surface area contributed by atoms with Crippen molar-refractivity contribution in [1.82, 2.24) is 0 Å². The van der Waals surface area contributed by atoms with Crippen molar-refractivity contribution < 1.29 is 19.1 Å². The molecule has 1 fully saturated rings. The molecule has 1 aliphatic heterocycles. The molecule has 0 saturated carbocycles. The third-order valence-electron chi connectivity index (χ3n) is 7.65. The number of benzene rings is 3. The zero-order valence-corrected chi connectivity index (χ0v) is 18.5. The predicted molar refractivity (Wildman–Crippen MR) is 125 cm³/mol. The second kappa shape index (κ2) is 8.19. The van der Waals surface area contributed by atoms with E-state index in [4.69, 9.17) is 4.74 Å². The highest BCUT2D eigenvalue weighted by Crippen LogP contribution is 2.52. The monoisotopic (exact) mass is 428 g/mol. The zero-order valence-electron chi connectivity index (χ0n) is 18.5. The summed E-state index contributed by atoms with van der Waals surface area (Å²) in [5.41, 5.74) is 3.63. The Morgan fingerprint density at radius 3 is 2.22 bits per heavy atom. The van der Waals surface area contributed by atoms with Crippen molar-refractivity contribution >= 4 is 6.47 Å². The summed E-state index contributed by atoms with van der Waals surface area (Å²) in [7, 11) is 2.25. The summed E-state index contributed by atoms with van der Waals surface area (Å²) < 4.78 is 6.61. The topological polar surface area (TPSA) is 46.5 Å². The Balaban J connectivity index is 1.55. The number of nitrogens with zero attached hydrogens (tertiary/aromatic N) is 1. The largest absolute Gasteiger partial charge is 0.454 e. The van der Waals surface area contributed by atoms with Crippen molar-refractivity contribution in [2.45, 2.75) is 37.0 Å². The van der Waals surface area contributed by atoms with E-state index < -0.39 is 11.7 Å². The van der Waals surface area contributed by atoms with Crippen molar-refractivity contribution in [2.24, 2.45) is 0 Å². The Morgan fingerprint density at radius 1 is 1.00 bits per heavy atom. The molecule has 164 valence electrons. The van der Waals surface area contributed by atoms with Crippen molar-refractivity contribution in [1.29, 1.82) is 0 Å². The lowest BCUT2D eigenvalue weighted by Crippen LogP contribution is -2.60. The van der Waals surface area contributed by atoms with Gasteiger partial charge in [-0.3, -0.25) is 4.79 Å². The molecule has 4 heteroatoms. The fourth-order valence-corrected chi connectivity index (χ4v) is 6.00. The Labute approximate surface area is 189 Å². The molecule has 3 aromatic rings. The summed E-state index contributed by atoms with van der Waals surface area (Å²) in [6.45, 7) is 2.47. The fourth-order valence-electron chi connectivity index (χ4n) is 6.00. The maximum absolute atomic E-state index is 12.4. The Hall–Kier alpha value is -2.95. The van der Waals surface area contributed by atoms with Crippen LogP contribution in [0.4, 0.5) is 0 Å². The summed E-state index contributed by atoms with van der Waals surface area (Å²) in [4.78, 5) is 11.7. The minimum absolute atomic E-state index is 0.00752. The van der Waals surface area contributed by atoms with E-state index in [0.29, 0.717) is 6.47 Å². The minimum Gasteiger partial charge on any atom is -0.454 e. The van der Waals surface area contributed by atoms with E-state index >= 15 is 0 Å². The van der Waals surface area contributed by atoms with Gasteiger partial charge in [0.05, 0.1) is 20.1 Å². The number of hydrogen-bond acceptors (Lipinski definition) is 3. The van der Waals surface area contributed by atoms with E-state index in [-0.39, 0.29) is 6.04 Å². The van der Waals surface area contributed by atoms with Gasteiger partial charge < -0.3 is 14.3 Å². The van der Waals surface area contributed by atoms with Gasteiger partial charge in [0.25, 0.3) is 6.47 Å². The average Bonchev–Trinajstić information content (AvgIpc) is 3.34. The quantitative estimate of drug-likeness (QED) is 0.451. The second-order valence-electron chi connectivity index (χ2n) is 9.38. The van der Waals surface area contributed by atoms with E-state index in [9.17, 15) is 9.90 Å². The third kappa shape index (κ3) is 3.26. The van der Waals surface area contributed by atoms with Crippen LogP contribution in [0.5, 0.6) is 0 Å². The molecule has 3 aromatic carbocycles. The molecule has 4 nitrogen and oxygen atoms in total. The molecule has 1 aliphatic carbocycles. The second-order valence-corrected chi connectivity index (χ2v) is 9.38. The van der Waals surface area contributed by atoms with Gasteiger partial charge >= 0.3 is 0 Å².